The minimum absolute atomic E-state index is 0.246. The summed E-state index contributed by atoms with van der Waals surface area (Å²) in [4.78, 5) is 26.1. The molecular formula is C19H14N2O2S. The first-order valence-corrected chi connectivity index (χ1v) is 8.45. The number of hydrogen-bond acceptors (Lipinski definition) is 4. The number of fused-ring (bicyclic) bond motifs is 1. The Labute approximate surface area is 143 Å². The third kappa shape index (κ3) is 2.63. The van der Waals surface area contributed by atoms with Crippen LogP contribution in [0.1, 0.15) is 0 Å². The summed E-state index contributed by atoms with van der Waals surface area (Å²) in [6.07, 6.45) is 0. The average molecular weight is 334 g/mol. The fourth-order valence-corrected chi connectivity index (χ4v) is 3.65. The second-order valence-electron chi connectivity index (χ2n) is 5.48. The summed E-state index contributed by atoms with van der Waals surface area (Å²) in [5.41, 5.74) is 1.42. The topological polar surface area (TPSA) is 49.4 Å². The van der Waals surface area contributed by atoms with Gasteiger partial charge in [0.1, 0.15) is 0 Å². The molecule has 1 fully saturated rings. The molecule has 0 aromatic heterocycles. The van der Waals surface area contributed by atoms with Crippen molar-refractivity contribution in [3.63, 3.8) is 0 Å². The molecule has 0 bridgehead atoms. The van der Waals surface area contributed by atoms with E-state index in [-0.39, 0.29) is 11.1 Å². The van der Waals surface area contributed by atoms with Crippen LogP contribution in [0.2, 0.25) is 0 Å². The first-order valence-electron chi connectivity index (χ1n) is 7.57. The summed E-state index contributed by atoms with van der Waals surface area (Å²) >= 11 is 1.00. The van der Waals surface area contributed by atoms with Gasteiger partial charge in [-0.05, 0) is 46.8 Å². The molecule has 1 unspecified atom stereocenters. The van der Waals surface area contributed by atoms with Gasteiger partial charge < -0.3 is 5.32 Å². The molecule has 4 rings (SSSR count). The maximum atomic E-state index is 12.6. The van der Waals surface area contributed by atoms with Crippen LogP contribution in [0.3, 0.4) is 0 Å². The molecule has 1 aliphatic heterocycles. The summed E-state index contributed by atoms with van der Waals surface area (Å²) in [7, 11) is 0. The monoisotopic (exact) mass is 334 g/mol. The Bertz CT molecular complexity index is 927. The predicted octanol–water partition coefficient (Wildman–Crippen LogP) is 4.48. The molecule has 24 heavy (non-hydrogen) atoms. The Morgan fingerprint density at radius 1 is 0.833 bits per heavy atom. The summed E-state index contributed by atoms with van der Waals surface area (Å²) in [6, 6.07) is 22.9. The maximum absolute atomic E-state index is 12.6. The molecule has 0 radical (unpaired) electrons. The van der Waals surface area contributed by atoms with Crippen molar-refractivity contribution in [3.05, 3.63) is 72.8 Å². The third-order valence-corrected chi connectivity index (χ3v) is 4.85. The number of para-hydroxylation sites is 1. The highest BCUT2D eigenvalue weighted by Crippen LogP contribution is 2.32. The second kappa shape index (κ2) is 6.02. The maximum Gasteiger partial charge on any atom is 0.295 e. The Balaban J connectivity index is 1.58. The van der Waals surface area contributed by atoms with E-state index in [1.807, 2.05) is 60.7 Å². The van der Waals surface area contributed by atoms with E-state index in [1.54, 1.807) is 12.1 Å². The molecule has 3 aromatic carbocycles. The molecule has 1 heterocycles. The lowest BCUT2D eigenvalue weighted by Crippen LogP contribution is -2.34. The lowest BCUT2D eigenvalue weighted by atomic mass is 10.1. The number of carbonyl (C=O) groups is 2. The summed E-state index contributed by atoms with van der Waals surface area (Å²) in [5, 5.41) is 4.51. The van der Waals surface area contributed by atoms with E-state index in [0.717, 1.165) is 28.2 Å². The van der Waals surface area contributed by atoms with Crippen LogP contribution in [0.5, 0.6) is 0 Å². The van der Waals surface area contributed by atoms with E-state index < -0.39 is 5.37 Å². The number of nitrogens with one attached hydrogen (secondary N) is 1. The molecule has 5 heteroatoms. The Morgan fingerprint density at radius 3 is 2.33 bits per heavy atom. The van der Waals surface area contributed by atoms with Gasteiger partial charge in [0.15, 0.2) is 5.37 Å². The molecule has 1 aliphatic rings. The van der Waals surface area contributed by atoms with Crippen LogP contribution in [0.25, 0.3) is 10.8 Å². The van der Waals surface area contributed by atoms with Crippen LogP contribution in [0, 0.1) is 0 Å². The second-order valence-corrected chi connectivity index (χ2v) is 6.54. The van der Waals surface area contributed by atoms with E-state index in [0.29, 0.717) is 5.69 Å². The molecule has 1 N–H and O–H groups in total. The van der Waals surface area contributed by atoms with Gasteiger partial charge in [-0.2, -0.15) is 0 Å². The fraction of sp³-hybridized carbons (Fsp3) is 0.0526. The van der Waals surface area contributed by atoms with Crippen LogP contribution in [0.15, 0.2) is 72.8 Å². The van der Waals surface area contributed by atoms with Crippen molar-refractivity contribution in [2.75, 3.05) is 10.2 Å². The highest BCUT2D eigenvalue weighted by Gasteiger charge is 2.40. The van der Waals surface area contributed by atoms with Gasteiger partial charge in [0.2, 0.25) is 0 Å². The number of hydrogen-bond donors (Lipinski definition) is 1. The molecule has 118 valence electrons. The summed E-state index contributed by atoms with van der Waals surface area (Å²) in [6.45, 7) is 0. The highest BCUT2D eigenvalue weighted by atomic mass is 32.2. The molecule has 2 amide bonds. The van der Waals surface area contributed by atoms with Crippen LogP contribution < -0.4 is 10.2 Å². The first kappa shape index (κ1) is 14.8. The number of nitrogens with zero attached hydrogens (tertiary/aromatic N) is 1. The molecule has 0 spiro atoms. The van der Waals surface area contributed by atoms with Crippen LogP contribution in [0.4, 0.5) is 16.2 Å². The van der Waals surface area contributed by atoms with Gasteiger partial charge in [-0.25, -0.2) is 4.90 Å². The van der Waals surface area contributed by atoms with E-state index in [1.165, 1.54) is 4.90 Å². The first-order chi connectivity index (χ1) is 11.7. The molecule has 1 saturated heterocycles. The van der Waals surface area contributed by atoms with Gasteiger partial charge in [0.05, 0.1) is 5.69 Å². The van der Waals surface area contributed by atoms with Crippen LogP contribution >= 0.6 is 11.8 Å². The molecule has 3 aromatic rings. The largest absolute Gasteiger partial charge is 0.365 e. The SMILES string of the molecule is O=C1SC(Nc2ccc3ccccc3c2)C(=O)N1c1ccccc1. The highest BCUT2D eigenvalue weighted by molar-refractivity contribution is 8.16. The number of carbonyl (C=O) groups excluding carboxylic acids is 2. The van der Waals surface area contributed by atoms with Crippen molar-refractivity contribution in [2.45, 2.75) is 5.37 Å². The number of rotatable bonds is 3. The van der Waals surface area contributed by atoms with Crippen molar-refractivity contribution in [2.24, 2.45) is 0 Å². The lowest BCUT2D eigenvalue weighted by Gasteiger charge is -2.15. The summed E-state index contributed by atoms with van der Waals surface area (Å²) in [5.74, 6) is -0.246. The standard InChI is InChI=1S/C19H14N2O2S/c22-18-17(24-19(23)21(18)16-8-2-1-3-9-16)20-15-11-10-13-6-4-5-7-14(13)12-15/h1-12,17,20H. The Hall–Kier alpha value is -2.79. The normalized spacial score (nSPS) is 17.5. The van der Waals surface area contributed by atoms with E-state index in [9.17, 15) is 9.59 Å². The zero-order valence-electron chi connectivity index (χ0n) is 12.7. The van der Waals surface area contributed by atoms with Crippen LogP contribution in [-0.2, 0) is 4.79 Å². The van der Waals surface area contributed by atoms with Gasteiger partial charge in [-0.1, -0.05) is 48.5 Å². The number of benzene rings is 3. The van der Waals surface area contributed by atoms with Gasteiger partial charge in [-0.3, -0.25) is 9.59 Å². The van der Waals surface area contributed by atoms with Crippen molar-refractivity contribution >= 4 is 45.1 Å². The van der Waals surface area contributed by atoms with E-state index in [4.69, 9.17) is 0 Å². The molecule has 0 aliphatic carbocycles. The van der Waals surface area contributed by atoms with Crippen molar-refractivity contribution in [1.29, 1.82) is 0 Å². The van der Waals surface area contributed by atoms with Crippen molar-refractivity contribution < 1.29 is 9.59 Å². The zero-order chi connectivity index (χ0) is 16.5. The molecule has 1 atom stereocenters. The quantitative estimate of drug-likeness (QED) is 0.767. The number of imide groups is 1. The third-order valence-electron chi connectivity index (χ3n) is 3.91. The summed E-state index contributed by atoms with van der Waals surface area (Å²) < 4.78 is 0. The van der Waals surface area contributed by atoms with Crippen molar-refractivity contribution in [3.8, 4) is 0 Å². The average Bonchev–Trinajstić information content (AvgIpc) is 2.89. The smallest absolute Gasteiger partial charge is 0.295 e. The number of amides is 2. The lowest BCUT2D eigenvalue weighted by molar-refractivity contribution is -0.116. The minimum Gasteiger partial charge on any atom is -0.365 e. The zero-order valence-corrected chi connectivity index (χ0v) is 13.5. The van der Waals surface area contributed by atoms with Gasteiger partial charge in [0.25, 0.3) is 11.1 Å². The van der Waals surface area contributed by atoms with Crippen molar-refractivity contribution in [1.82, 2.24) is 0 Å². The minimum atomic E-state index is -0.612. The molecule has 0 saturated carbocycles. The van der Waals surface area contributed by atoms with Crippen LogP contribution in [-0.4, -0.2) is 16.5 Å². The van der Waals surface area contributed by atoms with Gasteiger partial charge in [-0.15, -0.1) is 0 Å². The van der Waals surface area contributed by atoms with Gasteiger partial charge >= 0.3 is 0 Å². The molecule has 4 nitrogen and oxygen atoms in total. The predicted molar refractivity (Wildman–Crippen MR) is 98.3 cm³/mol. The number of anilines is 2. The Morgan fingerprint density at radius 2 is 1.54 bits per heavy atom. The number of thioether (sulfide) groups is 1. The van der Waals surface area contributed by atoms with E-state index >= 15 is 0 Å². The van der Waals surface area contributed by atoms with E-state index in [2.05, 4.69) is 5.32 Å². The Kier molecular flexibility index (Phi) is 3.70. The van der Waals surface area contributed by atoms with Gasteiger partial charge in [0, 0.05) is 5.69 Å². The fourth-order valence-electron chi connectivity index (χ4n) is 2.74. The molecular weight excluding hydrogens is 320 g/mol.